The molecule has 0 heterocycles. The lowest BCUT2D eigenvalue weighted by Crippen LogP contribution is -2.13. The van der Waals surface area contributed by atoms with Crippen LogP contribution in [-0.2, 0) is 11.2 Å². The summed E-state index contributed by atoms with van der Waals surface area (Å²) < 4.78 is 13.7. The summed E-state index contributed by atoms with van der Waals surface area (Å²) >= 11 is 5.80. The number of hydrogen-bond donors (Lipinski definition) is 1. The number of benzene rings is 1. The van der Waals surface area contributed by atoms with Crippen molar-refractivity contribution in [3.05, 3.63) is 34.1 Å². The minimum Gasteiger partial charge on any atom is -0.481 e. The van der Waals surface area contributed by atoms with Gasteiger partial charge in [0.15, 0.2) is 0 Å². The third-order valence-corrected chi connectivity index (χ3v) is 3.02. The van der Waals surface area contributed by atoms with Gasteiger partial charge in [0.1, 0.15) is 5.82 Å². The molecule has 0 fully saturated rings. The zero-order valence-electron chi connectivity index (χ0n) is 10.1. The Balaban J connectivity index is 3.09. The fourth-order valence-electron chi connectivity index (χ4n) is 1.57. The van der Waals surface area contributed by atoms with Gasteiger partial charge in [-0.2, -0.15) is 0 Å². The van der Waals surface area contributed by atoms with Gasteiger partial charge in [0.25, 0.3) is 0 Å². The Morgan fingerprint density at radius 1 is 1.41 bits per heavy atom. The van der Waals surface area contributed by atoms with Crippen molar-refractivity contribution in [2.45, 2.75) is 33.1 Å². The summed E-state index contributed by atoms with van der Waals surface area (Å²) in [6, 6.07) is 3.29. The molecule has 2 nitrogen and oxygen atoms in total. The van der Waals surface area contributed by atoms with Crippen LogP contribution in [0.5, 0.6) is 0 Å². The number of aliphatic carboxylic acids is 1. The average Bonchev–Trinajstić information content (AvgIpc) is 2.23. The smallest absolute Gasteiger partial charge is 0.306 e. The first-order valence-electron chi connectivity index (χ1n) is 5.53. The van der Waals surface area contributed by atoms with Crippen molar-refractivity contribution in [3.63, 3.8) is 0 Å². The molecule has 0 radical (unpaired) electrons. The zero-order chi connectivity index (χ0) is 13.2. The Kier molecular flexibility index (Phi) is 4.52. The zero-order valence-corrected chi connectivity index (χ0v) is 10.9. The Hall–Kier alpha value is -1.09. The van der Waals surface area contributed by atoms with E-state index in [1.54, 1.807) is 19.1 Å². The van der Waals surface area contributed by atoms with Crippen molar-refractivity contribution in [2.24, 2.45) is 5.92 Å². The standard InChI is InChI=1S/C13H16ClFO2/c1-7(2)9-5-10(4-8(3)13(16)17)12(15)11(14)6-9/h5-8H,4H2,1-3H3,(H,16,17). The van der Waals surface area contributed by atoms with Crippen molar-refractivity contribution in [2.75, 3.05) is 0 Å². The van der Waals surface area contributed by atoms with E-state index in [0.717, 1.165) is 5.56 Å². The van der Waals surface area contributed by atoms with Crippen LogP contribution in [0.25, 0.3) is 0 Å². The molecule has 1 atom stereocenters. The Morgan fingerprint density at radius 3 is 2.47 bits per heavy atom. The van der Waals surface area contributed by atoms with Crippen LogP contribution in [-0.4, -0.2) is 11.1 Å². The summed E-state index contributed by atoms with van der Waals surface area (Å²) in [4.78, 5) is 10.8. The number of carbonyl (C=O) groups is 1. The summed E-state index contributed by atoms with van der Waals surface area (Å²) in [5.74, 6) is -1.84. The maximum absolute atomic E-state index is 13.7. The van der Waals surface area contributed by atoms with Crippen molar-refractivity contribution >= 4 is 17.6 Å². The molecular formula is C13H16ClFO2. The van der Waals surface area contributed by atoms with Gasteiger partial charge in [-0.25, -0.2) is 4.39 Å². The van der Waals surface area contributed by atoms with Gasteiger partial charge in [-0.1, -0.05) is 38.4 Å². The number of rotatable bonds is 4. The Bertz CT molecular complexity index is 430. The molecule has 0 bridgehead atoms. The first kappa shape index (κ1) is 14.0. The Morgan fingerprint density at radius 2 is 2.00 bits per heavy atom. The van der Waals surface area contributed by atoms with E-state index < -0.39 is 17.7 Å². The molecule has 0 saturated carbocycles. The molecule has 0 aromatic heterocycles. The predicted octanol–water partition coefficient (Wildman–Crippen LogP) is 3.87. The van der Waals surface area contributed by atoms with Gasteiger partial charge in [0.2, 0.25) is 0 Å². The van der Waals surface area contributed by atoms with E-state index in [9.17, 15) is 9.18 Å². The highest BCUT2D eigenvalue weighted by molar-refractivity contribution is 6.30. The fourth-order valence-corrected chi connectivity index (χ4v) is 1.82. The maximum atomic E-state index is 13.7. The molecule has 17 heavy (non-hydrogen) atoms. The van der Waals surface area contributed by atoms with E-state index in [1.807, 2.05) is 13.8 Å². The van der Waals surface area contributed by atoms with E-state index in [4.69, 9.17) is 16.7 Å². The normalized spacial score (nSPS) is 12.8. The molecule has 1 aromatic carbocycles. The molecule has 1 rings (SSSR count). The van der Waals surface area contributed by atoms with Crippen molar-refractivity contribution in [3.8, 4) is 0 Å². The minimum atomic E-state index is -0.935. The van der Waals surface area contributed by atoms with Crippen LogP contribution in [0.3, 0.4) is 0 Å². The molecule has 94 valence electrons. The molecule has 1 unspecified atom stereocenters. The van der Waals surface area contributed by atoms with Crippen LogP contribution in [0.4, 0.5) is 4.39 Å². The summed E-state index contributed by atoms with van der Waals surface area (Å²) in [5.41, 5.74) is 1.29. The van der Waals surface area contributed by atoms with E-state index in [1.165, 1.54) is 0 Å². The molecule has 0 spiro atoms. The van der Waals surface area contributed by atoms with Gasteiger partial charge in [-0.15, -0.1) is 0 Å². The monoisotopic (exact) mass is 258 g/mol. The lowest BCUT2D eigenvalue weighted by molar-refractivity contribution is -0.141. The highest BCUT2D eigenvalue weighted by Gasteiger charge is 2.17. The number of halogens is 2. The van der Waals surface area contributed by atoms with Gasteiger partial charge in [0.05, 0.1) is 10.9 Å². The number of hydrogen-bond acceptors (Lipinski definition) is 1. The quantitative estimate of drug-likeness (QED) is 0.890. The molecule has 0 aliphatic rings. The molecule has 0 aliphatic heterocycles. The SMILES string of the molecule is CC(Cc1cc(C(C)C)cc(Cl)c1F)C(=O)O. The molecular weight excluding hydrogens is 243 g/mol. The van der Waals surface area contributed by atoms with Crippen LogP contribution in [0.2, 0.25) is 5.02 Å². The lowest BCUT2D eigenvalue weighted by Gasteiger charge is -2.13. The maximum Gasteiger partial charge on any atom is 0.306 e. The van der Waals surface area contributed by atoms with Gasteiger partial charge in [-0.05, 0) is 29.5 Å². The highest BCUT2D eigenvalue weighted by Crippen LogP contribution is 2.27. The third kappa shape index (κ3) is 3.43. The van der Waals surface area contributed by atoms with Crippen LogP contribution in [0, 0.1) is 11.7 Å². The van der Waals surface area contributed by atoms with Crippen molar-refractivity contribution < 1.29 is 14.3 Å². The van der Waals surface area contributed by atoms with Crippen LogP contribution in [0.15, 0.2) is 12.1 Å². The van der Waals surface area contributed by atoms with Crippen LogP contribution < -0.4 is 0 Å². The van der Waals surface area contributed by atoms with Gasteiger partial charge in [0, 0.05) is 0 Å². The summed E-state index contributed by atoms with van der Waals surface area (Å²) in [7, 11) is 0. The van der Waals surface area contributed by atoms with E-state index in [0.29, 0.717) is 5.56 Å². The van der Waals surface area contributed by atoms with Gasteiger partial charge < -0.3 is 5.11 Å². The molecule has 4 heteroatoms. The van der Waals surface area contributed by atoms with Crippen molar-refractivity contribution in [1.82, 2.24) is 0 Å². The highest BCUT2D eigenvalue weighted by atomic mass is 35.5. The van der Waals surface area contributed by atoms with Gasteiger partial charge >= 0.3 is 5.97 Å². The topological polar surface area (TPSA) is 37.3 Å². The molecule has 0 saturated heterocycles. The van der Waals surface area contributed by atoms with Crippen molar-refractivity contribution in [1.29, 1.82) is 0 Å². The lowest BCUT2D eigenvalue weighted by atomic mass is 9.95. The molecule has 1 aromatic rings. The van der Waals surface area contributed by atoms with Crippen LogP contribution >= 0.6 is 11.6 Å². The van der Waals surface area contributed by atoms with E-state index in [2.05, 4.69) is 0 Å². The molecule has 0 amide bonds. The summed E-state index contributed by atoms with van der Waals surface area (Å²) in [5, 5.41) is 8.89. The average molecular weight is 259 g/mol. The second kappa shape index (κ2) is 5.50. The largest absolute Gasteiger partial charge is 0.481 e. The second-order valence-corrected chi connectivity index (χ2v) is 4.98. The minimum absolute atomic E-state index is 0.0591. The van der Waals surface area contributed by atoms with E-state index >= 15 is 0 Å². The molecule has 1 N–H and O–H groups in total. The Labute approximate surface area is 105 Å². The number of carboxylic acid groups (broad SMARTS) is 1. The first-order chi connectivity index (χ1) is 7.82. The first-order valence-corrected chi connectivity index (χ1v) is 5.91. The molecule has 0 aliphatic carbocycles. The summed E-state index contributed by atoms with van der Waals surface area (Å²) in [6.07, 6.45) is 0.154. The second-order valence-electron chi connectivity index (χ2n) is 4.57. The third-order valence-electron chi connectivity index (χ3n) is 2.74. The predicted molar refractivity (Wildman–Crippen MR) is 66.0 cm³/mol. The fraction of sp³-hybridized carbons (Fsp3) is 0.462. The number of carboxylic acids is 1. The summed E-state index contributed by atoms with van der Waals surface area (Å²) in [6.45, 7) is 5.51. The van der Waals surface area contributed by atoms with Gasteiger partial charge in [-0.3, -0.25) is 4.79 Å². The van der Waals surface area contributed by atoms with E-state index in [-0.39, 0.29) is 17.4 Å². The van der Waals surface area contributed by atoms with Crippen LogP contribution in [0.1, 0.15) is 37.8 Å².